The van der Waals surface area contributed by atoms with Crippen LogP contribution in [-0.4, -0.2) is 35.7 Å². The smallest absolute Gasteiger partial charge is 0.237 e. The number of hydrogen-bond donors (Lipinski definition) is 1. The van der Waals surface area contributed by atoms with E-state index in [2.05, 4.69) is 31.2 Å². The second-order valence-corrected chi connectivity index (χ2v) is 9.06. The van der Waals surface area contributed by atoms with E-state index in [1.54, 1.807) is 16.0 Å². The summed E-state index contributed by atoms with van der Waals surface area (Å²) in [5.74, 6) is 0.851. The van der Waals surface area contributed by atoms with Gasteiger partial charge in [0.1, 0.15) is 0 Å². The van der Waals surface area contributed by atoms with Crippen molar-refractivity contribution in [2.75, 3.05) is 5.32 Å². The van der Waals surface area contributed by atoms with Crippen LogP contribution in [0.1, 0.15) is 37.2 Å². The van der Waals surface area contributed by atoms with Crippen molar-refractivity contribution >= 4 is 34.7 Å². The van der Waals surface area contributed by atoms with Crippen molar-refractivity contribution in [2.24, 2.45) is 7.05 Å². The van der Waals surface area contributed by atoms with E-state index in [1.807, 2.05) is 39.3 Å². The molecule has 4 rings (SSSR count). The summed E-state index contributed by atoms with van der Waals surface area (Å²) in [5, 5.41) is 18.7. The molecule has 0 saturated heterocycles. The average Bonchev–Trinajstić information content (AvgIpc) is 3.07. The van der Waals surface area contributed by atoms with Gasteiger partial charge in [0.05, 0.1) is 27.2 Å². The number of carbonyl (C=O) groups is 1. The second kappa shape index (κ2) is 7.12. The summed E-state index contributed by atoms with van der Waals surface area (Å²) < 4.78 is 3.97. The SMILES string of the molecule is Cc1nn(C)c(C)c1NC(=O)[C@H](C)Sc1nnc(-c2cccs2)n1C1CC1. The Kier molecular flexibility index (Phi) is 4.81. The van der Waals surface area contributed by atoms with Crippen LogP contribution in [0.15, 0.2) is 22.7 Å². The van der Waals surface area contributed by atoms with Crippen LogP contribution in [0.4, 0.5) is 5.69 Å². The van der Waals surface area contributed by atoms with E-state index in [9.17, 15) is 4.79 Å². The lowest BCUT2D eigenvalue weighted by Crippen LogP contribution is -2.23. The lowest BCUT2D eigenvalue weighted by molar-refractivity contribution is -0.115. The highest BCUT2D eigenvalue weighted by molar-refractivity contribution is 8.00. The number of anilines is 1. The number of nitrogens with zero attached hydrogens (tertiary/aromatic N) is 5. The van der Waals surface area contributed by atoms with E-state index in [1.165, 1.54) is 11.8 Å². The van der Waals surface area contributed by atoms with Gasteiger partial charge in [-0.1, -0.05) is 17.8 Å². The lowest BCUT2D eigenvalue weighted by atomic mass is 10.3. The van der Waals surface area contributed by atoms with Crippen molar-refractivity contribution in [1.82, 2.24) is 24.5 Å². The van der Waals surface area contributed by atoms with E-state index < -0.39 is 0 Å². The molecule has 0 bridgehead atoms. The fourth-order valence-electron chi connectivity index (χ4n) is 2.98. The maximum Gasteiger partial charge on any atom is 0.237 e. The summed E-state index contributed by atoms with van der Waals surface area (Å²) in [6.07, 6.45) is 2.28. The highest BCUT2D eigenvalue weighted by Crippen LogP contribution is 2.42. The molecule has 0 aliphatic heterocycles. The largest absolute Gasteiger partial charge is 0.322 e. The number of hydrogen-bond acceptors (Lipinski definition) is 6. The monoisotopic (exact) mass is 402 g/mol. The minimum Gasteiger partial charge on any atom is -0.322 e. The first-order valence-corrected chi connectivity index (χ1v) is 10.7. The Bertz CT molecular complexity index is 971. The van der Waals surface area contributed by atoms with Crippen molar-refractivity contribution in [2.45, 2.75) is 50.1 Å². The van der Waals surface area contributed by atoms with Gasteiger partial charge < -0.3 is 5.32 Å². The predicted octanol–water partition coefficient (Wildman–Crippen LogP) is 3.81. The normalized spacial score (nSPS) is 15.1. The van der Waals surface area contributed by atoms with E-state index in [4.69, 9.17) is 0 Å². The number of thioether (sulfide) groups is 1. The van der Waals surface area contributed by atoms with E-state index in [0.29, 0.717) is 6.04 Å². The molecule has 1 aliphatic rings. The molecule has 3 aromatic rings. The molecule has 9 heteroatoms. The van der Waals surface area contributed by atoms with Crippen LogP contribution < -0.4 is 5.32 Å². The predicted molar refractivity (Wildman–Crippen MR) is 108 cm³/mol. The molecule has 1 N–H and O–H groups in total. The van der Waals surface area contributed by atoms with Gasteiger partial charge in [-0.05, 0) is 45.1 Å². The molecule has 142 valence electrons. The Hall–Kier alpha value is -2.13. The van der Waals surface area contributed by atoms with Gasteiger partial charge in [-0.25, -0.2) is 0 Å². The molecule has 27 heavy (non-hydrogen) atoms. The minimum absolute atomic E-state index is 0.0535. The molecule has 0 aromatic carbocycles. The number of rotatable bonds is 6. The number of carbonyl (C=O) groups excluding carboxylic acids is 1. The molecule has 3 aromatic heterocycles. The average molecular weight is 403 g/mol. The molecule has 1 saturated carbocycles. The molecule has 1 aliphatic carbocycles. The third-order valence-corrected chi connectivity index (χ3v) is 6.65. The fraction of sp³-hybridized carbons (Fsp3) is 0.444. The Morgan fingerprint density at radius 2 is 2.15 bits per heavy atom. The van der Waals surface area contributed by atoms with Crippen molar-refractivity contribution in [3.05, 3.63) is 28.9 Å². The van der Waals surface area contributed by atoms with Gasteiger partial charge in [-0.2, -0.15) is 5.10 Å². The highest BCUT2D eigenvalue weighted by Gasteiger charge is 2.32. The summed E-state index contributed by atoms with van der Waals surface area (Å²) in [5.41, 5.74) is 2.55. The zero-order chi connectivity index (χ0) is 19.1. The molecular formula is C18H22N6OS2. The summed E-state index contributed by atoms with van der Waals surface area (Å²) >= 11 is 3.12. The summed E-state index contributed by atoms with van der Waals surface area (Å²) in [7, 11) is 1.88. The van der Waals surface area contributed by atoms with Gasteiger partial charge in [0, 0.05) is 13.1 Å². The first-order valence-electron chi connectivity index (χ1n) is 8.92. The van der Waals surface area contributed by atoms with Crippen LogP contribution in [0.25, 0.3) is 10.7 Å². The van der Waals surface area contributed by atoms with Crippen LogP contribution in [0.2, 0.25) is 0 Å². The van der Waals surface area contributed by atoms with Crippen molar-refractivity contribution in [3.8, 4) is 10.7 Å². The van der Waals surface area contributed by atoms with Crippen molar-refractivity contribution in [3.63, 3.8) is 0 Å². The highest BCUT2D eigenvalue weighted by atomic mass is 32.2. The third kappa shape index (κ3) is 3.53. The Labute approximate surface area is 166 Å². The van der Waals surface area contributed by atoms with Crippen LogP contribution in [0.5, 0.6) is 0 Å². The maximum atomic E-state index is 12.7. The lowest BCUT2D eigenvalue weighted by Gasteiger charge is -2.13. The molecule has 0 spiro atoms. The second-order valence-electron chi connectivity index (χ2n) is 6.80. The number of amides is 1. The Morgan fingerprint density at radius 3 is 2.74 bits per heavy atom. The molecule has 7 nitrogen and oxygen atoms in total. The maximum absolute atomic E-state index is 12.7. The Morgan fingerprint density at radius 1 is 1.37 bits per heavy atom. The van der Waals surface area contributed by atoms with E-state index in [-0.39, 0.29) is 11.2 Å². The van der Waals surface area contributed by atoms with Crippen molar-refractivity contribution < 1.29 is 4.79 Å². The van der Waals surface area contributed by atoms with Crippen LogP contribution in [0.3, 0.4) is 0 Å². The van der Waals surface area contributed by atoms with Gasteiger partial charge in [-0.3, -0.25) is 14.0 Å². The molecule has 0 unspecified atom stereocenters. The summed E-state index contributed by atoms with van der Waals surface area (Å²) in [6.45, 7) is 5.75. The zero-order valence-corrected chi connectivity index (χ0v) is 17.4. The first kappa shape index (κ1) is 18.2. The topological polar surface area (TPSA) is 77.6 Å². The Balaban J connectivity index is 1.53. The molecule has 1 atom stereocenters. The summed E-state index contributed by atoms with van der Waals surface area (Å²) in [4.78, 5) is 13.8. The van der Waals surface area contributed by atoms with Gasteiger partial charge in [0.2, 0.25) is 5.91 Å². The number of aryl methyl sites for hydroxylation is 2. The quantitative estimate of drug-likeness (QED) is 0.635. The molecule has 1 amide bonds. The first-order chi connectivity index (χ1) is 13.0. The van der Waals surface area contributed by atoms with Crippen LogP contribution in [-0.2, 0) is 11.8 Å². The number of aromatic nitrogens is 5. The number of nitrogens with one attached hydrogen (secondary N) is 1. The third-order valence-electron chi connectivity index (χ3n) is 4.73. The molecule has 1 fully saturated rings. The van der Waals surface area contributed by atoms with Crippen LogP contribution >= 0.6 is 23.1 Å². The molecule has 0 radical (unpaired) electrons. The van der Waals surface area contributed by atoms with E-state index in [0.717, 1.165) is 45.8 Å². The molecular weight excluding hydrogens is 380 g/mol. The fourth-order valence-corrected chi connectivity index (χ4v) is 4.61. The van der Waals surface area contributed by atoms with Gasteiger partial charge >= 0.3 is 0 Å². The van der Waals surface area contributed by atoms with Gasteiger partial charge in [-0.15, -0.1) is 21.5 Å². The van der Waals surface area contributed by atoms with Crippen molar-refractivity contribution in [1.29, 1.82) is 0 Å². The van der Waals surface area contributed by atoms with E-state index >= 15 is 0 Å². The molecule has 3 heterocycles. The zero-order valence-electron chi connectivity index (χ0n) is 15.8. The van der Waals surface area contributed by atoms with Gasteiger partial charge in [0.25, 0.3) is 0 Å². The number of thiophene rings is 1. The van der Waals surface area contributed by atoms with Crippen LogP contribution in [0, 0.1) is 13.8 Å². The summed E-state index contributed by atoms with van der Waals surface area (Å²) in [6, 6.07) is 4.53. The minimum atomic E-state index is -0.290. The standard InChI is InChI=1S/C18H22N6OS2/c1-10-15(11(2)23(4)22-10)19-17(25)12(3)27-18-21-20-16(14-6-5-9-26-14)24(18)13-7-8-13/h5-6,9,12-13H,7-8H2,1-4H3,(H,19,25)/t12-/m0/s1. The van der Waals surface area contributed by atoms with Gasteiger partial charge in [0.15, 0.2) is 11.0 Å².